The smallest absolute Gasteiger partial charge is 0.291 e. The maximum Gasteiger partial charge on any atom is 0.291 e. The Morgan fingerprint density at radius 1 is 1.22 bits per heavy atom. The van der Waals surface area contributed by atoms with Crippen LogP contribution in [0.1, 0.15) is 5.76 Å². The van der Waals surface area contributed by atoms with Crippen LogP contribution in [0.2, 0.25) is 0 Å². The molecule has 0 aliphatic carbocycles. The Balaban J connectivity index is 1.88. The molecular weight excluding hydrogens is 232 g/mol. The number of fused-ring (bicyclic) bond motifs is 1. The van der Waals surface area contributed by atoms with Crippen LogP contribution in [0.3, 0.4) is 0 Å². The van der Waals surface area contributed by atoms with Gasteiger partial charge in [-0.25, -0.2) is 4.98 Å². The van der Waals surface area contributed by atoms with E-state index in [1.165, 1.54) is 0 Å². The van der Waals surface area contributed by atoms with E-state index in [4.69, 9.17) is 4.42 Å². The first-order valence-electron chi connectivity index (χ1n) is 5.46. The number of nitrogens with zero attached hydrogens (tertiary/aromatic N) is 3. The molecule has 0 radical (unpaired) electrons. The van der Waals surface area contributed by atoms with Gasteiger partial charge in [0.15, 0.2) is 0 Å². The van der Waals surface area contributed by atoms with Crippen molar-refractivity contribution in [3.8, 4) is 0 Å². The Hall–Kier alpha value is -2.63. The molecular formula is C12H10N4O2. The molecule has 2 aromatic heterocycles. The Morgan fingerprint density at radius 2 is 2.11 bits per heavy atom. The summed E-state index contributed by atoms with van der Waals surface area (Å²) >= 11 is 0. The van der Waals surface area contributed by atoms with Crippen molar-refractivity contribution in [1.82, 2.24) is 10.1 Å². The van der Waals surface area contributed by atoms with E-state index in [2.05, 4.69) is 15.4 Å². The highest BCUT2D eigenvalue weighted by molar-refractivity contribution is 5.71. The van der Waals surface area contributed by atoms with Gasteiger partial charge >= 0.3 is 0 Å². The Morgan fingerprint density at radius 3 is 2.94 bits per heavy atom. The van der Waals surface area contributed by atoms with Gasteiger partial charge in [0.1, 0.15) is 11.3 Å². The van der Waals surface area contributed by atoms with Gasteiger partial charge in [-0.15, -0.1) is 0 Å². The van der Waals surface area contributed by atoms with E-state index in [-0.39, 0.29) is 5.95 Å². The van der Waals surface area contributed by atoms with Crippen molar-refractivity contribution in [3.63, 3.8) is 0 Å². The molecule has 1 aromatic carbocycles. The van der Waals surface area contributed by atoms with Crippen LogP contribution in [0.25, 0.3) is 11.0 Å². The molecule has 3 aromatic rings. The number of nitrogens with one attached hydrogen (secondary N) is 1. The summed E-state index contributed by atoms with van der Waals surface area (Å²) in [5.41, 5.74) is 1.05. The van der Waals surface area contributed by atoms with Crippen molar-refractivity contribution in [2.75, 3.05) is 5.32 Å². The highest BCUT2D eigenvalue weighted by Crippen LogP contribution is 2.08. The number of para-hydroxylation sites is 2. The van der Waals surface area contributed by atoms with Crippen LogP contribution in [0.4, 0.5) is 5.95 Å². The highest BCUT2D eigenvalue weighted by Gasteiger charge is 2.09. The summed E-state index contributed by atoms with van der Waals surface area (Å²) < 4.78 is 5.17. The van der Waals surface area contributed by atoms with Crippen LogP contribution in [-0.2, 0) is 6.54 Å². The van der Waals surface area contributed by atoms with Crippen molar-refractivity contribution in [1.29, 1.82) is 0 Å². The number of aromatic nitrogens is 3. The number of hydrogen-bond donors (Lipinski definition) is 1. The third-order valence-corrected chi connectivity index (χ3v) is 2.50. The molecule has 1 N–H and O–H groups in total. The largest absolute Gasteiger partial charge is 0.594 e. The van der Waals surface area contributed by atoms with Crippen molar-refractivity contribution in [2.24, 2.45) is 0 Å². The molecule has 0 spiro atoms. The van der Waals surface area contributed by atoms with Crippen LogP contribution < -0.4 is 10.2 Å². The predicted octanol–water partition coefficient (Wildman–Crippen LogP) is 1.47. The van der Waals surface area contributed by atoms with Crippen LogP contribution >= 0.6 is 0 Å². The monoisotopic (exact) mass is 242 g/mol. The number of furan rings is 1. The second-order valence-corrected chi connectivity index (χ2v) is 3.73. The third-order valence-electron chi connectivity index (χ3n) is 2.50. The normalized spacial score (nSPS) is 10.7. The summed E-state index contributed by atoms with van der Waals surface area (Å²) in [7, 11) is 0. The Bertz CT molecular complexity index is 667. The number of rotatable bonds is 3. The van der Waals surface area contributed by atoms with Crippen LogP contribution in [0.15, 0.2) is 47.1 Å². The zero-order valence-corrected chi connectivity index (χ0v) is 9.41. The quantitative estimate of drug-likeness (QED) is 0.555. The summed E-state index contributed by atoms with van der Waals surface area (Å²) in [6.07, 6.45) is 1.59. The van der Waals surface area contributed by atoms with Crippen molar-refractivity contribution < 1.29 is 9.26 Å². The van der Waals surface area contributed by atoms with Gasteiger partial charge in [0.2, 0.25) is 0 Å². The summed E-state index contributed by atoms with van der Waals surface area (Å²) in [4.78, 5) is 4.81. The first-order chi connectivity index (χ1) is 8.83. The first-order valence-corrected chi connectivity index (χ1v) is 5.46. The van der Waals surface area contributed by atoms with Gasteiger partial charge in [0, 0.05) is 6.07 Å². The highest BCUT2D eigenvalue weighted by atomic mass is 16.5. The lowest BCUT2D eigenvalue weighted by Gasteiger charge is -2.03. The molecule has 0 bridgehead atoms. The van der Waals surface area contributed by atoms with Gasteiger partial charge in [-0.2, -0.15) is 0 Å². The van der Waals surface area contributed by atoms with E-state index in [9.17, 15) is 5.21 Å². The molecule has 90 valence electrons. The minimum absolute atomic E-state index is 0.278. The molecule has 0 aliphatic heterocycles. The molecule has 0 saturated heterocycles. The lowest BCUT2D eigenvalue weighted by Crippen LogP contribution is -2.33. The van der Waals surface area contributed by atoms with E-state index in [0.717, 1.165) is 5.76 Å². The van der Waals surface area contributed by atoms with Crippen molar-refractivity contribution in [2.45, 2.75) is 6.54 Å². The molecule has 18 heavy (non-hydrogen) atoms. The second kappa shape index (κ2) is 4.33. The molecule has 0 aliphatic rings. The molecule has 0 amide bonds. The predicted molar refractivity (Wildman–Crippen MR) is 64.5 cm³/mol. The SMILES string of the molecule is [O-][n+]1nc(NCc2ccco2)nc2ccccc21. The topological polar surface area (TPSA) is 77.9 Å². The van der Waals surface area contributed by atoms with Crippen LogP contribution in [0.5, 0.6) is 0 Å². The Labute approximate surface area is 102 Å². The van der Waals surface area contributed by atoms with Gasteiger partial charge < -0.3 is 14.9 Å². The van der Waals surface area contributed by atoms with E-state index >= 15 is 0 Å². The average molecular weight is 242 g/mol. The molecule has 2 heterocycles. The standard InChI is InChI=1S/C12H10N4O2/c17-16-11-6-2-1-5-10(11)14-12(15-16)13-8-9-4-3-7-18-9/h1-7H,8H2,(H,13,14,15). The average Bonchev–Trinajstić information content (AvgIpc) is 2.90. The van der Waals surface area contributed by atoms with Crippen molar-refractivity contribution >= 4 is 17.0 Å². The molecule has 6 heteroatoms. The maximum absolute atomic E-state index is 11.7. The zero-order chi connectivity index (χ0) is 12.4. The van der Waals surface area contributed by atoms with Crippen LogP contribution in [0, 0.1) is 5.21 Å². The summed E-state index contributed by atoms with van der Waals surface area (Å²) in [6.45, 7) is 0.436. The van der Waals surface area contributed by atoms with Gasteiger partial charge in [0.05, 0.1) is 17.9 Å². The molecule has 0 saturated carbocycles. The minimum Gasteiger partial charge on any atom is -0.594 e. The van der Waals surface area contributed by atoms with Gasteiger partial charge in [-0.3, -0.25) is 0 Å². The van der Waals surface area contributed by atoms with E-state index in [0.29, 0.717) is 22.4 Å². The van der Waals surface area contributed by atoms with E-state index < -0.39 is 0 Å². The molecule has 6 nitrogen and oxygen atoms in total. The maximum atomic E-state index is 11.7. The summed E-state index contributed by atoms with van der Waals surface area (Å²) in [5, 5.41) is 18.4. The van der Waals surface area contributed by atoms with Gasteiger partial charge in [0.25, 0.3) is 11.5 Å². The second-order valence-electron chi connectivity index (χ2n) is 3.73. The lowest BCUT2D eigenvalue weighted by atomic mass is 10.3. The van der Waals surface area contributed by atoms with Gasteiger partial charge in [-0.05, 0) is 23.0 Å². The fraction of sp³-hybridized carbons (Fsp3) is 0.0833. The first kappa shape index (κ1) is 10.5. The Kier molecular flexibility index (Phi) is 2.53. The fourth-order valence-electron chi connectivity index (χ4n) is 1.65. The van der Waals surface area contributed by atoms with Crippen LogP contribution in [-0.4, -0.2) is 10.1 Å². The molecule has 0 fully saturated rings. The lowest BCUT2D eigenvalue weighted by molar-refractivity contribution is -0.641. The molecule has 0 atom stereocenters. The zero-order valence-electron chi connectivity index (χ0n) is 9.41. The number of hydrogen-bond acceptors (Lipinski definition) is 5. The van der Waals surface area contributed by atoms with Gasteiger partial charge in [-0.1, -0.05) is 12.1 Å². The van der Waals surface area contributed by atoms with E-state index in [1.807, 2.05) is 12.1 Å². The molecule has 0 unspecified atom stereocenters. The number of anilines is 1. The number of benzene rings is 1. The molecule has 3 rings (SSSR count). The van der Waals surface area contributed by atoms with Crippen molar-refractivity contribution in [3.05, 3.63) is 53.6 Å². The third kappa shape index (κ3) is 1.95. The minimum atomic E-state index is 0.278. The summed E-state index contributed by atoms with van der Waals surface area (Å²) in [6, 6.07) is 10.7. The van der Waals surface area contributed by atoms with E-state index in [1.54, 1.807) is 30.5 Å². The fourth-order valence-corrected chi connectivity index (χ4v) is 1.65. The summed E-state index contributed by atoms with van der Waals surface area (Å²) in [5.74, 6) is 1.03.